The second-order valence-corrected chi connectivity index (χ2v) is 5.89. The lowest BCUT2D eigenvalue weighted by Gasteiger charge is -2.28. The van der Waals surface area contributed by atoms with E-state index < -0.39 is 11.5 Å². The van der Waals surface area contributed by atoms with Crippen molar-refractivity contribution in [2.24, 2.45) is 0 Å². The highest BCUT2D eigenvalue weighted by Gasteiger charge is 2.37. The van der Waals surface area contributed by atoms with E-state index in [-0.39, 0.29) is 12.3 Å². The summed E-state index contributed by atoms with van der Waals surface area (Å²) in [5.41, 5.74) is -0.103. The first-order chi connectivity index (χ1) is 10.5. The Labute approximate surface area is 130 Å². The normalized spacial score (nSPS) is 16.2. The van der Waals surface area contributed by atoms with Crippen LogP contribution in [0.2, 0.25) is 0 Å². The summed E-state index contributed by atoms with van der Waals surface area (Å²) in [5.74, 6) is -0.444. The van der Waals surface area contributed by atoms with Crippen LogP contribution in [0.25, 0.3) is 0 Å². The molecule has 2 N–H and O–H groups in total. The first-order valence-corrected chi connectivity index (χ1v) is 7.82. The number of nitrogens with one attached hydrogen (secondary N) is 1. The molecule has 0 saturated heterocycles. The van der Waals surface area contributed by atoms with Crippen LogP contribution in [0.5, 0.6) is 5.75 Å². The van der Waals surface area contributed by atoms with E-state index in [0.717, 1.165) is 32.1 Å². The lowest BCUT2D eigenvalue weighted by Crippen LogP contribution is -2.47. The molecular weight excluding hydrogens is 282 g/mol. The van der Waals surface area contributed by atoms with E-state index in [0.29, 0.717) is 17.9 Å². The zero-order chi connectivity index (χ0) is 16.0. The summed E-state index contributed by atoms with van der Waals surface area (Å²) in [6, 6.07) is 7.01. The van der Waals surface area contributed by atoms with Crippen molar-refractivity contribution in [3.05, 3.63) is 29.8 Å². The molecule has 1 saturated carbocycles. The molecule has 0 radical (unpaired) electrons. The Kier molecular flexibility index (Phi) is 5.41. The molecule has 0 aromatic heterocycles. The third-order valence-corrected chi connectivity index (χ3v) is 4.00. The number of carboxylic acid groups (broad SMARTS) is 1. The van der Waals surface area contributed by atoms with Crippen molar-refractivity contribution in [3.63, 3.8) is 0 Å². The summed E-state index contributed by atoms with van der Waals surface area (Å²) in [7, 11) is 0. The molecule has 0 unspecified atom stereocenters. The summed E-state index contributed by atoms with van der Waals surface area (Å²) in [5, 5.41) is 12.0. The van der Waals surface area contributed by atoms with Gasteiger partial charge in [-0.25, -0.2) is 0 Å². The number of amides is 1. The number of hydrogen-bond donors (Lipinski definition) is 2. The predicted molar refractivity (Wildman–Crippen MR) is 83.1 cm³/mol. The Balaban J connectivity index is 2.08. The third kappa shape index (κ3) is 4.23. The maximum atomic E-state index is 12.5. The van der Waals surface area contributed by atoms with Crippen LogP contribution in [0.1, 0.15) is 55.8 Å². The minimum atomic E-state index is -0.873. The van der Waals surface area contributed by atoms with Gasteiger partial charge in [0, 0.05) is 5.56 Å². The van der Waals surface area contributed by atoms with Gasteiger partial charge in [0.25, 0.3) is 5.91 Å². The minimum absolute atomic E-state index is 0.0231. The number of carbonyl (C=O) groups excluding carboxylic acids is 1. The van der Waals surface area contributed by atoms with E-state index in [1.165, 1.54) is 0 Å². The summed E-state index contributed by atoms with van der Waals surface area (Å²) < 4.78 is 5.53. The molecule has 1 fully saturated rings. The molecule has 1 aliphatic carbocycles. The highest BCUT2D eigenvalue weighted by molar-refractivity contribution is 5.95. The number of carbonyl (C=O) groups is 2. The van der Waals surface area contributed by atoms with E-state index in [1.807, 2.05) is 13.0 Å². The predicted octanol–water partition coefficient (Wildman–Crippen LogP) is 2.99. The molecule has 2 rings (SSSR count). The maximum Gasteiger partial charge on any atom is 0.305 e. The van der Waals surface area contributed by atoms with Crippen LogP contribution in [0.4, 0.5) is 0 Å². The SMILES string of the molecule is CCCOc1cccc(C(=O)NC2(CC(=O)O)CCCC2)c1. The zero-order valence-corrected chi connectivity index (χ0v) is 12.9. The van der Waals surface area contributed by atoms with Crippen LogP contribution in [0, 0.1) is 0 Å². The number of rotatable bonds is 7. The highest BCUT2D eigenvalue weighted by atomic mass is 16.5. The Bertz CT molecular complexity index is 535. The number of benzene rings is 1. The zero-order valence-electron chi connectivity index (χ0n) is 12.9. The lowest BCUT2D eigenvalue weighted by molar-refractivity contribution is -0.138. The van der Waals surface area contributed by atoms with Crippen molar-refractivity contribution in [2.75, 3.05) is 6.61 Å². The number of aliphatic carboxylic acids is 1. The molecule has 1 amide bonds. The standard InChI is InChI=1S/C17H23NO4/c1-2-10-22-14-7-5-6-13(11-14)16(21)18-17(12-15(19)20)8-3-4-9-17/h5-7,11H,2-4,8-10,12H2,1H3,(H,18,21)(H,19,20). The molecule has 0 bridgehead atoms. The molecule has 0 aliphatic heterocycles. The molecule has 1 aromatic rings. The fourth-order valence-corrected chi connectivity index (χ4v) is 2.95. The van der Waals surface area contributed by atoms with Crippen LogP contribution in [0.15, 0.2) is 24.3 Å². The Morgan fingerprint density at radius 2 is 2.05 bits per heavy atom. The minimum Gasteiger partial charge on any atom is -0.494 e. The van der Waals surface area contributed by atoms with Gasteiger partial charge in [-0.05, 0) is 37.5 Å². The molecule has 1 aliphatic rings. The van der Waals surface area contributed by atoms with Crippen molar-refractivity contribution in [1.82, 2.24) is 5.32 Å². The maximum absolute atomic E-state index is 12.5. The van der Waals surface area contributed by atoms with Gasteiger partial charge < -0.3 is 15.2 Å². The number of carboxylic acids is 1. The second-order valence-electron chi connectivity index (χ2n) is 5.89. The van der Waals surface area contributed by atoms with E-state index in [1.54, 1.807) is 18.2 Å². The molecule has 1 aromatic carbocycles. The van der Waals surface area contributed by atoms with Crippen LogP contribution in [-0.4, -0.2) is 29.1 Å². The number of hydrogen-bond acceptors (Lipinski definition) is 3. The highest BCUT2D eigenvalue weighted by Crippen LogP contribution is 2.33. The van der Waals surface area contributed by atoms with Crippen LogP contribution >= 0.6 is 0 Å². The van der Waals surface area contributed by atoms with Crippen LogP contribution in [0.3, 0.4) is 0 Å². The van der Waals surface area contributed by atoms with Crippen molar-refractivity contribution < 1.29 is 19.4 Å². The third-order valence-electron chi connectivity index (χ3n) is 4.00. The largest absolute Gasteiger partial charge is 0.494 e. The summed E-state index contributed by atoms with van der Waals surface area (Å²) in [6.07, 6.45) is 4.22. The Morgan fingerprint density at radius 1 is 1.32 bits per heavy atom. The summed E-state index contributed by atoms with van der Waals surface area (Å²) in [6.45, 7) is 2.63. The van der Waals surface area contributed by atoms with Crippen molar-refractivity contribution in [2.45, 2.75) is 51.0 Å². The van der Waals surface area contributed by atoms with Gasteiger partial charge in [0.2, 0.25) is 0 Å². The second kappa shape index (κ2) is 7.29. The Morgan fingerprint density at radius 3 is 2.68 bits per heavy atom. The molecule has 5 heteroatoms. The Hall–Kier alpha value is -2.04. The average Bonchev–Trinajstić information content (AvgIpc) is 2.92. The van der Waals surface area contributed by atoms with Gasteiger partial charge >= 0.3 is 5.97 Å². The van der Waals surface area contributed by atoms with Crippen molar-refractivity contribution in [1.29, 1.82) is 0 Å². The fourth-order valence-electron chi connectivity index (χ4n) is 2.95. The van der Waals surface area contributed by atoms with Crippen LogP contribution in [-0.2, 0) is 4.79 Å². The van der Waals surface area contributed by atoms with Gasteiger partial charge in [0.15, 0.2) is 0 Å². The van der Waals surface area contributed by atoms with Gasteiger partial charge in [-0.15, -0.1) is 0 Å². The van der Waals surface area contributed by atoms with E-state index in [4.69, 9.17) is 9.84 Å². The molecule has 0 spiro atoms. The summed E-state index contributed by atoms with van der Waals surface area (Å²) >= 11 is 0. The smallest absolute Gasteiger partial charge is 0.305 e. The van der Waals surface area contributed by atoms with E-state index in [9.17, 15) is 9.59 Å². The monoisotopic (exact) mass is 305 g/mol. The van der Waals surface area contributed by atoms with Gasteiger partial charge in [-0.1, -0.05) is 25.8 Å². The fraction of sp³-hybridized carbons (Fsp3) is 0.529. The van der Waals surface area contributed by atoms with Crippen LogP contribution < -0.4 is 10.1 Å². The first-order valence-electron chi connectivity index (χ1n) is 7.82. The first kappa shape index (κ1) is 16.3. The lowest BCUT2D eigenvalue weighted by atomic mass is 9.92. The molecule has 120 valence electrons. The quantitative estimate of drug-likeness (QED) is 0.812. The number of ether oxygens (including phenoxy) is 1. The van der Waals surface area contributed by atoms with Crippen molar-refractivity contribution >= 4 is 11.9 Å². The topological polar surface area (TPSA) is 75.6 Å². The molecule has 0 heterocycles. The molecular formula is C17H23NO4. The average molecular weight is 305 g/mol. The van der Waals surface area contributed by atoms with Crippen molar-refractivity contribution in [3.8, 4) is 5.75 Å². The van der Waals surface area contributed by atoms with Gasteiger partial charge in [0.1, 0.15) is 5.75 Å². The van der Waals surface area contributed by atoms with E-state index >= 15 is 0 Å². The van der Waals surface area contributed by atoms with Gasteiger partial charge in [-0.2, -0.15) is 0 Å². The molecule has 0 atom stereocenters. The van der Waals surface area contributed by atoms with E-state index in [2.05, 4.69) is 5.32 Å². The molecule has 22 heavy (non-hydrogen) atoms. The molecule has 5 nitrogen and oxygen atoms in total. The summed E-state index contributed by atoms with van der Waals surface area (Å²) in [4.78, 5) is 23.5. The van der Waals surface area contributed by atoms with Gasteiger partial charge in [0.05, 0.1) is 18.6 Å². The van der Waals surface area contributed by atoms with Gasteiger partial charge in [-0.3, -0.25) is 9.59 Å².